The summed E-state index contributed by atoms with van der Waals surface area (Å²) in [5.41, 5.74) is 6.40. The summed E-state index contributed by atoms with van der Waals surface area (Å²) < 4.78 is 0. The summed E-state index contributed by atoms with van der Waals surface area (Å²) in [4.78, 5) is 0. The normalized spacial score (nSPS) is 15.6. The molecule has 0 amide bonds. The van der Waals surface area contributed by atoms with Crippen molar-refractivity contribution >= 4 is 0 Å². The van der Waals surface area contributed by atoms with E-state index in [1.165, 1.54) is 0 Å². The topological polar surface area (TPSA) is 46.2 Å². The van der Waals surface area contributed by atoms with Gasteiger partial charge in [-0.1, -0.05) is 37.3 Å². The Labute approximate surface area is 73.0 Å². The molecule has 3 N–H and O–H groups in total. The largest absolute Gasteiger partial charge is 0.394 e. The fourth-order valence-electron chi connectivity index (χ4n) is 1.18. The highest BCUT2D eigenvalue weighted by atomic mass is 16.3. The van der Waals surface area contributed by atoms with Gasteiger partial charge in [-0.3, -0.25) is 0 Å². The molecule has 1 aromatic carbocycles. The van der Waals surface area contributed by atoms with Crippen molar-refractivity contribution in [3.63, 3.8) is 0 Å². The third-order valence-corrected chi connectivity index (χ3v) is 2.26. The van der Waals surface area contributed by atoms with Gasteiger partial charge in [0, 0.05) is 0 Å². The van der Waals surface area contributed by atoms with Gasteiger partial charge in [-0.05, 0) is 12.0 Å². The molecule has 0 saturated carbocycles. The Bertz CT molecular complexity index is 229. The third kappa shape index (κ3) is 1.65. The maximum atomic E-state index is 9.11. The molecule has 0 aliphatic heterocycles. The van der Waals surface area contributed by atoms with E-state index in [0.717, 1.165) is 12.0 Å². The van der Waals surface area contributed by atoms with Crippen LogP contribution in [0.1, 0.15) is 18.9 Å². The Hall–Kier alpha value is -0.860. The van der Waals surface area contributed by atoms with Crippen molar-refractivity contribution in [3.05, 3.63) is 35.9 Å². The second kappa shape index (κ2) is 3.70. The van der Waals surface area contributed by atoms with E-state index in [9.17, 15) is 0 Å². The van der Waals surface area contributed by atoms with Crippen LogP contribution in [0.15, 0.2) is 30.3 Å². The molecule has 0 spiro atoms. The van der Waals surface area contributed by atoms with Crippen molar-refractivity contribution < 1.29 is 5.11 Å². The standard InChI is InChI=1S/C10H15NO/c1-2-10(11,8-12)9-6-4-3-5-7-9/h3-7,12H,2,8,11H2,1H3/t10-/m1/s1. The first-order chi connectivity index (χ1) is 5.73. The SMILES string of the molecule is CC[C@@](N)(CO)c1ccccc1. The minimum absolute atomic E-state index is 0.00644. The summed E-state index contributed by atoms with van der Waals surface area (Å²) in [6.45, 7) is 1.97. The second-order valence-electron chi connectivity index (χ2n) is 3.03. The van der Waals surface area contributed by atoms with E-state index in [-0.39, 0.29) is 6.61 Å². The Kier molecular flexibility index (Phi) is 2.84. The van der Waals surface area contributed by atoms with Gasteiger partial charge in [0.25, 0.3) is 0 Å². The molecule has 0 aromatic heterocycles. The number of benzene rings is 1. The predicted molar refractivity (Wildman–Crippen MR) is 49.7 cm³/mol. The number of rotatable bonds is 3. The van der Waals surface area contributed by atoms with Gasteiger partial charge >= 0.3 is 0 Å². The molecule has 0 aliphatic carbocycles. The fraction of sp³-hybridized carbons (Fsp3) is 0.400. The molecule has 0 unspecified atom stereocenters. The lowest BCUT2D eigenvalue weighted by Crippen LogP contribution is -2.39. The highest BCUT2D eigenvalue weighted by Crippen LogP contribution is 2.20. The maximum Gasteiger partial charge on any atom is 0.0653 e. The van der Waals surface area contributed by atoms with Crippen LogP contribution in [-0.4, -0.2) is 11.7 Å². The van der Waals surface area contributed by atoms with E-state index in [1.807, 2.05) is 37.3 Å². The molecule has 66 valence electrons. The lowest BCUT2D eigenvalue weighted by Gasteiger charge is -2.25. The number of aliphatic hydroxyl groups is 1. The quantitative estimate of drug-likeness (QED) is 0.708. The maximum absolute atomic E-state index is 9.11. The molecule has 0 fully saturated rings. The summed E-state index contributed by atoms with van der Waals surface area (Å²) in [6.07, 6.45) is 0.744. The molecule has 0 saturated heterocycles. The number of nitrogens with two attached hydrogens (primary N) is 1. The highest BCUT2D eigenvalue weighted by Gasteiger charge is 2.23. The first-order valence-electron chi connectivity index (χ1n) is 4.18. The summed E-state index contributed by atoms with van der Waals surface area (Å²) >= 11 is 0. The zero-order valence-electron chi connectivity index (χ0n) is 7.33. The molecular formula is C10H15NO. The Morgan fingerprint density at radius 1 is 1.33 bits per heavy atom. The van der Waals surface area contributed by atoms with Crippen LogP contribution in [0.4, 0.5) is 0 Å². The van der Waals surface area contributed by atoms with Crippen molar-refractivity contribution in [2.24, 2.45) is 5.73 Å². The number of hydrogen-bond donors (Lipinski definition) is 2. The number of hydrogen-bond acceptors (Lipinski definition) is 2. The van der Waals surface area contributed by atoms with Crippen LogP contribution in [0.2, 0.25) is 0 Å². The first kappa shape index (κ1) is 9.23. The predicted octanol–water partition coefficient (Wildman–Crippen LogP) is 1.24. The monoisotopic (exact) mass is 165 g/mol. The van der Waals surface area contributed by atoms with Gasteiger partial charge in [-0.15, -0.1) is 0 Å². The van der Waals surface area contributed by atoms with Crippen molar-refractivity contribution in [2.75, 3.05) is 6.61 Å². The lowest BCUT2D eigenvalue weighted by atomic mass is 9.89. The molecular weight excluding hydrogens is 150 g/mol. The van der Waals surface area contributed by atoms with Crippen molar-refractivity contribution in [3.8, 4) is 0 Å². The van der Waals surface area contributed by atoms with E-state index in [0.29, 0.717) is 0 Å². The zero-order valence-corrected chi connectivity index (χ0v) is 7.33. The van der Waals surface area contributed by atoms with Crippen LogP contribution in [0.3, 0.4) is 0 Å². The minimum Gasteiger partial charge on any atom is -0.394 e. The van der Waals surface area contributed by atoms with Crippen LogP contribution in [-0.2, 0) is 5.54 Å². The van der Waals surface area contributed by atoms with E-state index < -0.39 is 5.54 Å². The number of aliphatic hydroxyl groups excluding tert-OH is 1. The van der Waals surface area contributed by atoms with Crippen LogP contribution in [0.25, 0.3) is 0 Å². The van der Waals surface area contributed by atoms with Crippen LogP contribution >= 0.6 is 0 Å². The molecule has 12 heavy (non-hydrogen) atoms. The minimum atomic E-state index is -0.568. The summed E-state index contributed by atoms with van der Waals surface area (Å²) in [5.74, 6) is 0. The van der Waals surface area contributed by atoms with E-state index in [4.69, 9.17) is 10.8 Å². The zero-order chi connectivity index (χ0) is 9.03. The van der Waals surface area contributed by atoms with Crippen molar-refractivity contribution in [1.29, 1.82) is 0 Å². The summed E-state index contributed by atoms with van der Waals surface area (Å²) in [7, 11) is 0. The molecule has 2 nitrogen and oxygen atoms in total. The average Bonchev–Trinajstić information content (AvgIpc) is 2.18. The summed E-state index contributed by atoms with van der Waals surface area (Å²) in [5, 5.41) is 9.11. The van der Waals surface area contributed by atoms with Gasteiger partial charge in [-0.25, -0.2) is 0 Å². The van der Waals surface area contributed by atoms with E-state index >= 15 is 0 Å². The van der Waals surface area contributed by atoms with Gasteiger partial charge in [0.15, 0.2) is 0 Å². The molecule has 0 bridgehead atoms. The molecule has 1 rings (SSSR count). The van der Waals surface area contributed by atoms with E-state index in [1.54, 1.807) is 0 Å². The fourth-order valence-corrected chi connectivity index (χ4v) is 1.18. The molecule has 0 heterocycles. The molecule has 1 atom stereocenters. The highest BCUT2D eigenvalue weighted by molar-refractivity contribution is 5.23. The smallest absolute Gasteiger partial charge is 0.0653 e. The summed E-state index contributed by atoms with van der Waals surface area (Å²) in [6, 6.07) is 9.70. The van der Waals surface area contributed by atoms with Gasteiger partial charge < -0.3 is 10.8 Å². The average molecular weight is 165 g/mol. The third-order valence-electron chi connectivity index (χ3n) is 2.26. The lowest BCUT2D eigenvalue weighted by molar-refractivity contribution is 0.192. The molecule has 2 heteroatoms. The Balaban J connectivity index is 2.95. The Morgan fingerprint density at radius 2 is 1.92 bits per heavy atom. The Morgan fingerprint density at radius 3 is 2.33 bits per heavy atom. The van der Waals surface area contributed by atoms with Crippen LogP contribution in [0.5, 0.6) is 0 Å². The molecule has 0 radical (unpaired) electrons. The van der Waals surface area contributed by atoms with Gasteiger partial charge in [0.2, 0.25) is 0 Å². The van der Waals surface area contributed by atoms with Gasteiger partial charge in [0.1, 0.15) is 0 Å². The van der Waals surface area contributed by atoms with Gasteiger partial charge in [-0.2, -0.15) is 0 Å². The molecule has 0 aliphatic rings. The molecule has 1 aromatic rings. The van der Waals surface area contributed by atoms with Crippen LogP contribution in [0, 0.1) is 0 Å². The first-order valence-corrected chi connectivity index (χ1v) is 4.18. The second-order valence-corrected chi connectivity index (χ2v) is 3.03. The van der Waals surface area contributed by atoms with Crippen molar-refractivity contribution in [1.82, 2.24) is 0 Å². The van der Waals surface area contributed by atoms with Crippen LogP contribution < -0.4 is 5.73 Å². The van der Waals surface area contributed by atoms with Gasteiger partial charge in [0.05, 0.1) is 12.1 Å². The van der Waals surface area contributed by atoms with Crippen molar-refractivity contribution in [2.45, 2.75) is 18.9 Å². The van der Waals surface area contributed by atoms with E-state index in [2.05, 4.69) is 0 Å².